The molecule has 1 N–H and O–H groups in total. The molecule has 1 saturated heterocycles. The summed E-state index contributed by atoms with van der Waals surface area (Å²) in [6, 6.07) is 0. The van der Waals surface area contributed by atoms with E-state index in [1.165, 1.54) is 0 Å². The Morgan fingerprint density at radius 1 is 1.32 bits per heavy atom. The fourth-order valence-electron chi connectivity index (χ4n) is 3.74. The molecule has 2 aliphatic rings. The summed E-state index contributed by atoms with van der Waals surface area (Å²) in [5, 5.41) is 9.52. The van der Waals surface area contributed by atoms with Crippen molar-refractivity contribution in [3.63, 3.8) is 0 Å². The van der Waals surface area contributed by atoms with Crippen molar-refractivity contribution in [2.75, 3.05) is 0 Å². The minimum Gasteiger partial charge on any atom is -0.481 e. The summed E-state index contributed by atoms with van der Waals surface area (Å²) in [4.78, 5) is 11.6. The first-order valence-electron chi connectivity index (χ1n) is 7.64. The van der Waals surface area contributed by atoms with Crippen LogP contribution in [-0.4, -0.2) is 23.3 Å². The molecule has 3 heteroatoms. The SMILES string of the molecule is CC(CC(C)(C)C)C(CC1CCC2OC2C1)C(=O)O. The first-order chi connectivity index (χ1) is 8.76. The molecule has 0 aromatic rings. The van der Waals surface area contributed by atoms with E-state index < -0.39 is 5.97 Å². The predicted octanol–water partition coefficient (Wildman–Crippen LogP) is 3.72. The molecule has 0 radical (unpaired) electrons. The van der Waals surface area contributed by atoms with Gasteiger partial charge in [-0.25, -0.2) is 0 Å². The Morgan fingerprint density at radius 2 is 2.00 bits per heavy atom. The molecule has 1 aliphatic heterocycles. The number of epoxide rings is 1. The van der Waals surface area contributed by atoms with Crippen molar-refractivity contribution in [3.05, 3.63) is 0 Å². The highest BCUT2D eigenvalue weighted by Crippen LogP contribution is 2.43. The largest absolute Gasteiger partial charge is 0.481 e. The molecular weight excluding hydrogens is 240 g/mol. The zero-order chi connectivity index (χ0) is 14.2. The summed E-state index contributed by atoms with van der Waals surface area (Å²) < 4.78 is 5.54. The Balaban J connectivity index is 1.89. The molecule has 5 atom stereocenters. The fourth-order valence-corrected chi connectivity index (χ4v) is 3.74. The lowest BCUT2D eigenvalue weighted by molar-refractivity contribution is -0.144. The molecule has 1 heterocycles. The molecule has 0 spiro atoms. The van der Waals surface area contributed by atoms with Gasteiger partial charge in [-0.2, -0.15) is 0 Å². The van der Waals surface area contributed by atoms with Crippen LogP contribution in [0.25, 0.3) is 0 Å². The van der Waals surface area contributed by atoms with Crippen molar-refractivity contribution in [3.8, 4) is 0 Å². The standard InChI is InChI=1S/C16H28O3/c1-10(9-16(2,3)4)12(15(17)18)7-11-5-6-13-14(8-11)19-13/h10-14H,5-9H2,1-4H3,(H,17,18). The van der Waals surface area contributed by atoms with Gasteiger partial charge in [0.1, 0.15) is 0 Å². The molecule has 1 aliphatic carbocycles. The van der Waals surface area contributed by atoms with Crippen molar-refractivity contribution in [1.29, 1.82) is 0 Å². The molecule has 0 amide bonds. The van der Waals surface area contributed by atoms with Crippen molar-refractivity contribution in [2.24, 2.45) is 23.2 Å². The quantitative estimate of drug-likeness (QED) is 0.773. The van der Waals surface area contributed by atoms with Crippen LogP contribution >= 0.6 is 0 Å². The molecule has 110 valence electrons. The summed E-state index contributed by atoms with van der Waals surface area (Å²) in [7, 11) is 0. The van der Waals surface area contributed by atoms with Gasteiger partial charge in [-0.1, -0.05) is 27.7 Å². The Labute approximate surface area is 116 Å². The number of rotatable bonds is 5. The van der Waals surface area contributed by atoms with Crippen LogP contribution in [0.1, 0.15) is 59.8 Å². The van der Waals surface area contributed by atoms with Gasteiger partial charge in [0.05, 0.1) is 18.1 Å². The van der Waals surface area contributed by atoms with E-state index in [0.29, 0.717) is 18.1 Å². The second-order valence-electron chi connectivity index (χ2n) is 7.81. The van der Waals surface area contributed by atoms with E-state index in [0.717, 1.165) is 32.1 Å². The van der Waals surface area contributed by atoms with Gasteiger partial charge in [-0.15, -0.1) is 0 Å². The highest BCUT2D eigenvalue weighted by Gasteiger charge is 2.44. The number of carbonyl (C=O) groups is 1. The molecule has 5 unspecified atom stereocenters. The predicted molar refractivity (Wildman–Crippen MR) is 75.0 cm³/mol. The minimum atomic E-state index is -0.615. The van der Waals surface area contributed by atoms with Gasteiger partial charge in [0.25, 0.3) is 0 Å². The van der Waals surface area contributed by atoms with Gasteiger partial charge in [-0.05, 0) is 49.4 Å². The smallest absolute Gasteiger partial charge is 0.306 e. The first-order valence-corrected chi connectivity index (χ1v) is 7.64. The van der Waals surface area contributed by atoms with Crippen LogP contribution in [0, 0.1) is 23.2 Å². The van der Waals surface area contributed by atoms with Crippen LogP contribution < -0.4 is 0 Å². The van der Waals surface area contributed by atoms with Crippen LogP contribution in [0.2, 0.25) is 0 Å². The van der Waals surface area contributed by atoms with Crippen LogP contribution in [0.4, 0.5) is 0 Å². The number of hydrogen-bond acceptors (Lipinski definition) is 2. The third-order valence-electron chi connectivity index (χ3n) is 4.64. The van der Waals surface area contributed by atoms with E-state index in [-0.39, 0.29) is 17.3 Å². The van der Waals surface area contributed by atoms with Gasteiger partial charge in [0.15, 0.2) is 0 Å². The Morgan fingerprint density at radius 3 is 2.53 bits per heavy atom. The van der Waals surface area contributed by atoms with E-state index in [1.54, 1.807) is 0 Å². The lowest BCUT2D eigenvalue weighted by Gasteiger charge is -2.30. The van der Waals surface area contributed by atoms with E-state index in [9.17, 15) is 9.90 Å². The Kier molecular flexibility index (Phi) is 4.24. The summed E-state index contributed by atoms with van der Waals surface area (Å²) >= 11 is 0. The van der Waals surface area contributed by atoms with E-state index in [4.69, 9.17) is 4.74 Å². The van der Waals surface area contributed by atoms with Gasteiger partial charge < -0.3 is 9.84 Å². The van der Waals surface area contributed by atoms with Crippen molar-refractivity contribution in [1.82, 2.24) is 0 Å². The number of aliphatic carboxylic acids is 1. The second kappa shape index (κ2) is 5.43. The van der Waals surface area contributed by atoms with Crippen LogP contribution in [0.3, 0.4) is 0 Å². The number of hydrogen-bond donors (Lipinski definition) is 1. The molecule has 0 aromatic heterocycles. The zero-order valence-corrected chi connectivity index (χ0v) is 12.7. The fraction of sp³-hybridized carbons (Fsp3) is 0.938. The number of fused-ring (bicyclic) bond motifs is 1. The monoisotopic (exact) mass is 268 g/mol. The van der Waals surface area contributed by atoms with Crippen molar-refractivity contribution < 1.29 is 14.6 Å². The summed E-state index contributed by atoms with van der Waals surface area (Å²) in [6.07, 6.45) is 6.12. The molecular formula is C16H28O3. The van der Waals surface area contributed by atoms with E-state index in [2.05, 4.69) is 27.7 Å². The number of carboxylic acid groups (broad SMARTS) is 1. The van der Waals surface area contributed by atoms with Crippen molar-refractivity contribution >= 4 is 5.97 Å². The highest BCUT2D eigenvalue weighted by molar-refractivity contribution is 5.70. The maximum atomic E-state index is 11.6. The zero-order valence-electron chi connectivity index (χ0n) is 12.7. The molecule has 3 nitrogen and oxygen atoms in total. The Bertz CT molecular complexity index is 331. The third-order valence-corrected chi connectivity index (χ3v) is 4.64. The van der Waals surface area contributed by atoms with Crippen molar-refractivity contribution in [2.45, 2.75) is 72.0 Å². The second-order valence-corrected chi connectivity index (χ2v) is 7.81. The molecule has 1 saturated carbocycles. The molecule has 0 bridgehead atoms. The topological polar surface area (TPSA) is 49.8 Å². The van der Waals surface area contributed by atoms with Crippen LogP contribution in [0.15, 0.2) is 0 Å². The summed E-state index contributed by atoms with van der Waals surface area (Å²) in [6.45, 7) is 8.66. The Hall–Kier alpha value is -0.570. The maximum absolute atomic E-state index is 11.6. The average molecular weight is 268 g/mol. The van der Waals surface area contributed by atoms with Crippen LogP contribution in [-0.2, 0) is 9.53 Å². The van der Waals surface area contributed by atoms with E-state index in [1.807, 2.05) is 0 Å². The summed E-state index contributed by atoms with van der Waals surface area (Å²) in [5.74, 6) is -0.0160. The molecule has 2 fully saturated rings. The van der Waals surface area contributed by atoms with E-state index >= 15 is 0 Å². The van der Waals surface area contributed by atoms with Gasteiger partial charge in [0.2, 0.25) is 0 Å². The lowest BCUT2D eigenvalue weighted by Crippen LogP contribution is -2.29. The van der Waals surface area contributed by atoms with Gasteiger partial charge in [0, 0.05) is 0 Å². The summed E-state index contributed by atoms with van der Waals surface area (Å²) in [5.41, 5.74) is 0.199. The molecule has 2 rings (SSSR count). The average Bonchev–Trinajstić information content (AvgIpc) is 3.00. The number of carboxylic acids is 1. The highest BCUT2D eigenvalue weighted by atomic mass is 16.6. The van der Waals surface area contributed by atoms with Gasteiger partial charge >= 0.3 is 5.97 Å². The number of ether oxygens (including phenoxy) is 1. The normalized spacial score (nSPS) is 33.4. The van der Waals surface area contributed by atoms with Gasteiger partial charge in [-0.3, -0.25) is 4.79 Å². The third kappa shape index (κ3) is 4.20. The first kappa shape index (κ1) is 14.8. The minimum absolute atomic E-state index is 0.195. The molecule has 0 aromatic carbocycles. The molecule has 19 heavy (non-hydrogen) atoms. The van der Waals surface area contributed by atoms with Crippen LogP contribution in [0.5, 0.6) is 0 Å². The maximum Gasteiger partial charge on any atom is 0.306 e. The lowest BCUT2D eigenvalue weighted by atomic mass is 9.74.